The number of aromatic nitrogens is 3. The first-order chi connectivity index (χ1) is 12.5. The van der Waals surface area contributed by atoms with Gasteiger partial charge in [-0.3, -0.25) is 4.79 Å². The van der Waals surface area contributed by atoms with Crippen molar-refractivity contribution in [2.24, 2.45) is 11.7 Å². The van der Waals surface area contributed by atoms with Crippen LogP contribution in [-0.2, 0) is 10.4 Å². The van der Waals surface area contributed by atoms with Gasteiger partial charge in [0.2, 0.25) is 5.91 Å². The molecule has 0 unspecified atom stereocenters. The molecule has 4 rings (SSSR count). The van der Waals surface area contributed by atoms with Crippen LogP contribution in [0.25, 0.3) is 5.65 Å². The van der Waals surface area contributed by atoms with Crippen molar-refractivity contribution in [3.8, 4) is 0 Å². The Kier molecular flexibility index (Phi) is 4.67. The Bertz CT molecular complexity index is 775. The maximum Gasteiger partial charge on any atom is 0.239 e. The Morgan fingerprint density at radius 3 is 2.77 bits per heavy atom. The van der Waals surface area contributed by atoms with Crippen molar-refractivity contribution in [3.63, 3.8) is 0 Å². The van der Waals surface area contributed by atoms with E-state index in [9.17, 15) is 9.90 Å². The summed E-state index contributed by atoms with van der Waals surface area (Å²) < 4.78 is 1.70. The number of hydrogen-bond donors (Lipinski definition) is 2. The van der Waals surface area contributed by atoms with Gasteiger partial charge in [0, 0.05) is 24.8 Å². The first-order valence-corrected chi connectivity index (χ1v) is 9.62. The molecule has 7 heteroatoms. The molecule has 7 nitrogen and oxygen atoms in total. The Balaban J connectivity index is 1.36. The summed E-state index contributed by atoms with van der Waals surface area (Å²) in [6.07, 6.45) is 9.40. The number of amides is 1. The number of likely N-dealkylation sites (tertiary alicyclic amines) is 1. The van der Waals surface area contributed by atoms with Gasteiger partial charge in [0.1, 0.15) is 6.33 Å². The third kappa shape index (κ3) is 3.33. The van der Waals surface area contributed by atoms with Gasteiger partial charge in [0.25, 0.3) is 0 Å². The van der Waals surface area contributed by atoms with Gasteiger partial charge in [-0.2, -0.15) is 5.10 Å². The molecule has 3 heterocycles. The molecule has 2 fully saturated rings. The van der Waals surface area contributed by atoms with E-state index in [1.165, 1.54) is 6.33 Å². The third-order valence-electron chi connectivity index (χ3n) is 6.07. The quantitative estimate of drug-likeness (QED) is 0.863. The second-order valence-electron chi connectivity index (χ2n) is 7.83. The van der Waals surface area contributed by atoms with Crippen LogP contribution in [0, 0.1) is 5.92 Å². The van der Waals surface area contributed by atoms with Crippen LogP contribution in [0.2, 0.25) is 0 Å². The van der Waals surface area contributed by atoms with Gasteiger partial charge < -0.3 is 15.7 Å². The molecule has 2 aromatic rings. The van der Waals surface area contributed by atoms with Crippen molar-refractivity contribution in [1.29, 1.82) is 0 Å². The van der Waals surface area contributed by atoms with Crippen LogP contribution >= 0.6 is 0 Å². The molecule has 26 heavy (non-hydrogen) atoms. The van der Waals surface area contributed by atoms with Crippen LogP contribution < -0.4 is 5.73 Å². The summed E-state index contributed by atoms with van der Waals surface area (Å²) in [5, 5.41) is 15.3. The minimum atomic E-state index is -0.834. The normalized spacial score (nSPS) is 27.8. The van der Waals surface area contributed by atoms with Crippen molar-refractivity contribution in [3.05, 3.63) is 30.2 Å². The number of carbonyl (C=O) groups is 1. The molecule has 1 amide bonds. The number of pyridine rings is 1. The number of hydrogen-bond acceptors (Lipinski definition) is 5. The maximum atomic E-state index is 12.4. The number of nitrogens with two attached hydrogens (primary N) is 1. The lowest BCUT2D eigenvalue weighted by Gasteiger charge is -2.37. The molecule has 3 N–H and O–H groups in total. The average Bonchev–Trinajstić information content (AvgIpc) is 3.34. The Hall–Kier alpha value is -1.99. The zero-order valence-corrected chi connectivity index (χ0v) is 15.0. The summed E-state index contributed by atoms with van der Waals surface area (Å²) in [4.78, 5) is 18.4. The fraction of sp³-hybridized carbons (Fsp3) is 0.632. The van der Waals surface area contributed by atoms with Crippen LogP contribution in [-0.4, -0.2) is 49.6 Å². The Morgan fingerprint density at radius 1 is 1.31 bits per heavy atom. The molecule has 0 bridgehead atoms. The van der Waals surface area contributed by atoms with Gasteiger partial charge in [-0.25, -0.2) is 9.50 Å². The summed E-state index contributed by atoms with van der Waals surface area (Å²) in [5.74, 6) is 0.492. The van der Waals surface area contributed by atoms with Crippen molar-refractivity contribution in [2.75, 3.05) is 13.1 Å². The van der Waals surface area contributed by atoms with Crippen LogP contribution in [0.3, 0.4) is 0 Å². The molecule has 1 aliphatic carbocycles. The van der Waals surface area contributed by atoms with Crippen LogP contribution in [0.4, 0.5) is 0 Å². The molecule has 2 aliphatic rings. The molecule has 2 aromatic heterocycles. The first kappa shape index (κ1) is 17.4. The Morgan fingerprint density at radius 2 is 2.04 bits per heavy atom. The first-order valence-electron chi connectivity index (χ1n) is 9.62. The average molecular weight is 357 g/mol. The van der Waals surface area contributed by atoms with E-state index < -0.39 is 11.6 Å². The molecular weight excluding hydrogens is 330 g/mol. The summed E-state index contributed by atoms with van der Waals surface area (Å²) in [6, 6.07) is 3.42. The second kappa shape index (κ2) is 6.96. The van der Waals surface area contributed by atoms with Crippen LogP contribution in [0.5, 0.6) is 0 Å². The highest BCUT2D eigenvalue weighted by molar-refractivity contribution is 5.81. The van der Waals surface area contributed by atoms with E-state index >= 15 is 0 Å². The molecular formula is C19H27N5O2. The largest absolute Gasteiger partial charge is 0.385 e. The van der Waals surface area contributed by atoms with E-state index in [4.69, 9.17) is 5.73 Å². The van der Waals surface area contributed by atoms with Gasteiger partial charge in [0.15, 0.2) is 5.65 Å². The molecule has 1 saturated carbocycles. The molecule has 140 valence electrons. The van der Waals surface area contributed by atoms with E-state index in [0.717, 1.165) is 50.0 Å². The standard InChI is InChI=1S/C19H27N5O2/c20-16(18(25)23-9-1-2-10-23)11-14-5-7-19(26,8-6-14)15-3-4-17-21-13-22-24(17)12-15/h3-4,12-14,16,26H,1-2,5-11,20H2/t14?,16-,19?/m0/s1. The second-order valence-corrected chi connectivity index (χ2v) is 7.83. The van der Waals surface area contributed by atoms with Crippen molar-refractivity contribution in [1.82, 2.24) is 19.5 Å². The minimum absolute atomic E-state index is 0.0972. The number of rotatable bonds is 4. The lowest BCUT2D eigenvalue weighted by molar-refractivity contribution is -0.132. The van der Waals surface area contributed by atoms with Gasteiger partial charge >= 0.3 is 0 Å². The van der Waals surface area contributed by atoms with Crippen molar-refractivity contribution < 1.29 is 9.90 Å². The third-order valence-corrected chi connectivity index (χ3v) is 6.07. The highest BCUT2D eigenvalue weighted by atomic mass is 16.3. The zero-order chi connectivity index (χ0) is 18.1. The predicted molar refractivity (Wildman–Crippen MR) is 97.2 cm³/mol. The lowest BCUT2D eigenvalue weighted by atomic mass is 9.74. The summed E-state index contributed by atoms with van der Waals surface area (Å²) in [6.45, 7) is 1.70. The number of carbonyl (C=O) groups excluding carboxylic acids is 1. The molecule has 1 atom stereocenters. The van der Waals surface area contributed by atoms with Crippen LogP contribution in [0.1, 0.15) is 50.5 Å². The van der Waals surface area contributed by atoms with E-state index in [-0.39, 0.29) is 5.91 Å². The summed E-state index contributed by atoms with van der Waals surface area (Å²) in [7, 11) is 0. The molecule has 0 aromatic carbocycles. The fourth-order valence-electron chi connectivity index (χ4n) is 4.40. The number of aliphatic hydroxyl groups is 1. The van der Waals surface area contributed by atoms with E-state index in [0.29, 0.717) is 25.2 Å². The van der Waals surface area contributed by atoms with Crippen LogP contribution in [0.15, 0.2) is 24.7 Å². The van der Waals surface area contributed by atoms with Gasteiger partial charge in [-0.05, 0) is 56.9 Å². The smallest absolute Gasteiger partial charge is 0.239 e. The monoisotopic (exact) mass is 357 g/mol. The number of fused-ring (bicyclic) bond motifs is 1. The van der Waals surface area contributed by atoms with Gasteiger partial charge in [-0.1, -0.05) is 6.07 Å². The van der Waals surface area contributed by atoms with Gasteiger partial charge in [-0.15, -0.1) is 0 Å². The predicted octanol–water partition coefficient (Wildman–Crippen LogP) is 1.45. The SMILES string of the molecule is N[C@@H](CC1CCC(O)(c2ccc3ncnn3c2)CC1)C(=O)N1CCCC1. The topological polar surface area (TPSA) is 96.7 Å². The van der Waals surface area contributed by atoms with Gasteiger partial charge in [0.05, 0.1) is 11.6 Å². The van der Waals surface area contributed by atoms with E-state index in [1.807, 2.05) is 23.2 Å². The molecule has 1 saturated heterocycles. The van der Waals surface area contributed by atoms with E-state index in [1.54, 1.807) is 4.52 Å². The lowest BCUT2D eigenvalue weighted by Crippen LogP contribution is -2.44. The zero-order valence-electron chi connectivity index (χ0n) is 15.0. The highest BCUT2D eigenvalue weighted by Crippen LogP contribution is 2.40. The minimum Gasteiger partial charge on any atom is -0.385 e. The fourth-order valence-corrected chi connectivity index (χ4v) is 4.40. The molecule has 0 radical (unpaired) electrons. The molecule has 1 aliphatic heterocycles. The summed E-state index contributed by atoms with van der Waals surface area (Å²) in [5.41, 5.74) is 7.01. The summed E-state index contributed by atoms with van der Waals surface area (Å²) >= 11 is 0. The molecule has 0 spiro atoms. The number of nitrogens with zero attached hydrogens (tertiary/aromatic N) is 4. The Labute approximate surface area is 153 Å². The van der Waals surface area contributed by atoms with E-state index in [2.05, 4.69) is 10.1 Å². The maximum absolute atomic E-state index is 12.4. The highest BCUT2D eigenvalue weighted by Gasteiger charge is 2.36. The van der Waals surface area contributed by atoms with Crippen molar-refractivity contribution in [2.45, 2.75) is 56.6 Å². The van der Waals surface area contributed by atoms with Crippen molar-refractivity contribution >= 4 is 11.6 Å².